The Kier molecular flexibility index (Phi) is 8.19. The molecule has 2 aliphatic rings. The van der Waals surface area contributed by atoms with Crippen LogP contribution in [0.2, 0.25) is 0 Å². The fourth-order valence-electron chi connectivity index (χ4n) is 4.19. The second kappa shape index (κ2) is 11.1. The summed E-state index contributed by atoms with van der Waals surface area (Å²) in [5, 5.41) is 3.34. The van der Waals surface area contributed by atoms with E-state index in [1.165, 1.54) is 18.4 Å². The zero-order valence-corrected chi connectivity index (χ0v) is 18.2. The van der Waals surface area contributed by atoms with Crippen LogP contribution in [-0.2, 0) is 4.74 Å². The molecule has 2 saturated heterocycles. The molecule has 0 bridgehead atoms. The Morgan fingerprint density at radius 3 is 2.67 bits per heavy atom. The van der Waals surface area contributed by atoms with E-state index in [4.69, 9.17) is 15.2 Å². The molecule has 30 heavy (non-hydrogen) atoms. The molecule has 0 aliphatic carbocycles. The number of benzene rings is 1. The second-order valence-electron chi connectivity index (χ2n) is 7.87. The zero-order valence-electron chi connectivity index (χ0n) is 18.2. The summed E-state index contributed by atoms with van der Waals surface area (Å²) < 4.78 is 10.5. The van der Waals surface area contributed by atoms with Crippen LogP contribution in [0, 0.1) is 0 Å². The first-order valence-corrected chi connectivity index (χ1v) is 11.0. The van der Waals surface area contributed by atoms with Crippen molar-refractivity contribution in [1.82, 2.24) is 15.1 Å². The van der Waals surface area contributed by atoms with Crippen molar-refractivity contribution in [2.45, 2.75) is 44.7 Å². The van der Waals surface area contributed by atoms with Crippen LogP contribution in [0.15, 0.2) is 29.3 Å². The highest BCUT2D eigenvalue weighted by Crippen LogP contribution is 2.28. The number of nitrogens with zero attached hydrogens (tertiary/aromatic N) is 3. The number of aliphatic imine (C=N–C) groups is 1. The van der Waals surface area contributed by atoms with Crippen LogP contribution >= 0.6 is 0 Å². The van der Waals surface area contributed by atoms with E-state index < -0.39 is 0 Å². The van der Waals surface area contributed by atoms with Crippen LogP contribution in [-0.4, -0.2) is 74.3 Å². The highest BCUT2D eigenvalue weighted by atomic mass is 16.6. The third-order valence-corrected chi connectivity index (χ3v) is 5.87. The molecule has 0 radical (unpaired) electrons. The van der Waals surface area contributed by atoms with E-state index in [-0.39, 0.29) is 18.2 Å². The lowest BCUT2D eigenvalue weighted by atomic mass is 10.1. The van der Waals surface area contributed by atoms with Gasteiger partial charge in [-0.05, 0) is 63.4 Å². The predicted molar refractivity (Wildman–Crippen MR) is 118 cm³/mol. The highest BCUT2D eigenvalue weighted by molar-refractivity contribution is 5.78. The van der Waals surface area contributed by atoms with E-state index in [1.807, 2.05) is 19.1 Å². The number of guanidine groups is 1. The first-order chi connectivity index (χ1) is 14.6. The third-order valence-electron chi connectivity index (χ3n) is 5.87. The van der Waals surface area contributed by atoms with E-state index in [9.17, 15) is 4.79 Å². The highest BCUT2D eigenvalue weighted by Gasteiger charge is 2.25. The van der Waals surface area contributed by atoms with Crippen LogP contribution in [0.25, 0.3) is 0 Å². The van der Waals surface area contributed by atoms with Gasteiger partial charge in [0, 0.05) is 19.1 Å². The number of methoxy groups -OCH3 is 1. The zero-order chi connectivity index (χ0) is 21.3. The van der Waals surface area contributed by atoms with Gasteiger partial charge in [-0.3, -0.25) is 9.89 Å². The monoisotopic (exact) mass is 417 g/mol. The molecule has 8 nitrogen and oxygen atoms in total. The van der Waals surface area contributed by atoms with Gasteiger partial charge in [0.25, 0.3) is 0 Å². The lowest BCUT2D eigenvalue weighted by Crippen LogP contribution is -2.48. The first-order valence-electron chi connectivity index (χ1n) is 11.0. The summed E-state index contributed by atoms with van der Waals surface area (Å²) in [4.78, 5) is 20.7. The Bertz CT molecular complexity index is 712. The van der Waals surface area contributed by atoms with Crippen molar-refractivity contribution in [2.75, 3.05) is 46.4 Å². The Morgan fingerprint density at radius 2 is 2.00 bits per heavy atom. The molecule has 0 aromatic heterocycles. The van der Waals surface area contributed by atoms with Crippen molar-refractivity contribution in [3.05, 3.63) is 29.8 Å². The lowest BCUT2D eigenvalue weighted by molar-refractivity contribution is 0.0963. The van der Waals surface area contributed by atoms with Gasteiger partial charge in [-0.25, -0.2) is 4.79 Å². The molecule has 2 heterocycles. The number of nitrogens with one attached hydrogen (secondary N) is 1. The molecule has 2 fully saturated rings. The van der Waals surface area contributed by atoms with Gasteiger partial charge in [0.15, 0.2) is 5.96 Å². The molecule has 0 spiro atoms. The normalized spacial score (nSPS) is 19.5. The van der Waals surface area contributed by atoms with Gasteiger partial charge in [0.05, 0.1) is 26.3 Å². The lowest BCUT2D eigenvalue weighted by Gasteiger charge is -2.32. The summed E-state index contributed by atoms with van der Waals surface area (Å²) in [6.45, 7) is 6.34. The molecule has 1 atom stereocenters. The van der Waals surface area contributed by atoms with Gasteiger partial charge in [-0.15, -0.1) is 0 Å². The Labute approximate surface area is 179 Å². The minimum absolute atomic E-state index is 0.189. The van der Waals surface area contributed by atoms with Crippen LogP contribution in [0.4, 0.5) is 4.79 Å². The Balaban J connectivity index is 1.57. The van der Waals surface area contributed by atoms with Gasteiger partial charge < -0.3 is 25.4 Å². The molecule has 1 aromatic carbocycles. The summed E-state index contributed by atoms with van der Waals surface area (Å²) in [5.74, 6) is 1.33. The molecule has 166 valence electrons. The van der Waals surface area contributed by atoms with Gasteiger partial charge in [0.1, 0.15) is 5.75 Å². The molecule has 0 saturated carbocycles. The van der Waals surface area contributed by atoms with Gasteiger partial charge >= 0.3 is 6.09 Å². The fourth-order valence-corrected chi connectivity index (χ4v) is 4.19. The van der Waals surface area contributed by atoms with Crippen LogP contribution < -0.4 is 15.8 Å². The quantitative estimate of drug-likeness (QED) is 0.523. The topological polar surface area (TPSA) is 92.4 Å². The average molecular weight is 418 g/mol. The molecule has 1 aromatic rings. The van der Waals surface area contributed by atoms with Crippen molar-refractivity contribution in [1.29, 1.82) is 0 Å². The number of likely N-dealkylation sites (tertiary alicyclic amines) is 2. The van der Waals surface area contributed by atoms with Crippen molar-refractivity contribution in [3.8, 4) is 5.75 Å². The third kappa shape index (κ3) is 6.01. The average Bonchev–Trinajstić information content (AvgIpc) is 3.29. The van der Waals surface area contributed by atoms with Crippen molar-refractivity contribution in [3.63, 3.8) is 0 Å². The first kappa shape index (κ1) is 22.2. The maximum absolute atomic E-state index is 11.8. The Hall–Kier alpha value is -2.48. The summed E-state index contributed by atoms with van der Waals surface area (Å²) in [7, 11) is 1.69. The molecule has 8 heteroatoms. The maximum Gasteiger partial charge on any atom is 0.409 e. The summed E-state index contributed by atoms with van der Waals surface area (Å²) >= 11 is 0. The summed E-state index contributed by atoms with van der Waals surface area (Å²) in [6.07, 6.45) is 3.87. The van der Waals surface area contributed by atoms with Crippen molar-refractivity contribution in [2.24, 2.45) is 10.7 Å². The molecular formula is C22H35N5O3. The van der Waals surface area contributed by atoms with Crippen LogP contribution in [0.3, 0.4) is 0 Å². The summed E-state index contributed by atoms with van der Waals surface area (Å²) in [5.41, 5.74) is 7.42. The number of piperidine rings is 1. The second-order valence-corrected chi connectivity index (χ2v) is 7.87. The fraction of sp³-hybridized carbons (Fsp3) is 0.636. The number of rotatable bonds is 7. The number of ether oxygens (including phenoxy) is 2. The van der Waals surface area contributed by atoms with E-state index in [0.717, 1.165) is 31.7 Å². The smallest absolute Gasteiger partial charge is 0.409 e. The number of hydrogen-bond acceptors (Lipinski definition) is 5. The molecule has 3 rings (SSSR count). The van der Waals surface area contributed by atoms with Crippen LogP contribution in [0.5, 0.6) is 5.75 Å². The number of amides is 1. The Morgan fingerprint density at radius 1 is 1.27 bits per heavy atom. The number of hydrogen-bond donors (Lipinski definition) is 2. The van der Waals surface area contributed by atoms with Crippen molar-refractivity contribution < 1.29 is 14.3 Å². The number of carbonyl (C=O) groups excluding carboxylic acids is 1. The van der Waals surface area contributed by atoms with Gasteiger partial charge in [0.2, 0.25) is 0 Å². The van der Waals surface area contributed by atoms with E-state index in [2.05, 4.69) is 27.3 Å². The van der Waals surface area contributed by atoms with E-state index in [1.54, 1.807) is 12.0 Å². The minimum atomic E-state index is -0.232. The summed E-state index contributed by atoms with van der Waals surface area (Å²) in [6, 6.07) is 8.63. The molecule has 1 unspecified atom stereocenters. The molecule has 3 N–H and O–H groups in total. The van der Waals surface area contributed by atoms with Crippen molar-refractivity contribution >= 4 is 12.1 Å². The predicted octanol–water partition coefficient (Wildman–Crippen LogP) is 2.36. The molecule has 2 aliphatic heterocycles. The van der Waals surface area contributed by atoms with Gasteiger partial charge in [-0.2, -0.15) is 0 Å². The van der Waals surface area contributed by atoms with E-state index >= 15 is 0 Å². The molecular weight excluding hydrogens is 382 g/mol. The number of nitrogens with two attached hydrogens (primary N) is 1. The minimum Gasteiger partial charge on any atom is -0.497 e. The van der Waals surface area contributed by atoms with E-state index in [0.29, 0.717) is 32.2 Å². The molecule has 1 amide bonds. The van der Waals surface area contributed by atoms with Gasteiger partial charge in [-0.1, -0.05) is 12.1 Å². The maximum atomic E-state index is 11.8. The standard InChI is InChI=1S/C22H35N5O3/c1-3-30-22(28)27-13-9-18(10-14-27)25-21(23)24-16-20(26-11-4-5-12-26)17-7-6-8-19(15-17)29-2/h6-8,15,18,20H,3-5,9-14,16H2,1-2H3,(H3,23,24,25). The SMILES string of the molecule is CCOC(=O)N1CCC(NC(N)=NCC(c2cccc(OC)c2)N2CCCC2)CC1. The van der Waals surface area contributed by atoms with Crippen LogP contribution in [0.1, 0.15) is 44.2 Å². The largest absolute Gasteiger partial charge is 0.497 e. The number of carbonyl (C=O) groups is 1.